The summed E-state index contributed by atoms with van der Waals surface area (Å²) in [5.41, 5.74) is 0. The average molecular weight is 800 g/mol. The van der Waals surface area contributed by atoms with Crippen LogP contribution in [0.1, 0.15) is 0 Å². The minimum Gasteiger partial charge on any atom is -0.165 e. The molecule has 6 heteroatoms. The predicted octanol–water partition coefficient (Wildman–Crippen LogP) is 6.75. The highest BCUT2D eigenvalue weighted by Gasteiger charge is 2.78. The summed E-state index contributed by atoms with van der Waals surface area (Å²) >= 11 is 19.3. The molecule has 0 saturated carbocycles. The van der Waals surface area contributed by atoms with Gasteiger partial charge in [0.2, 0.25) is 12.8 Å². The van der Waals surface area contributed by atoms with Crippen molar-refractivity contribution in [3.05, 3.63) is 243 Å². The van der Waals surface area contributed by atoms with Gasteiger partial charge in [0.25, 0.3) is 0 Å². The molecule has 0 nitrogen and oxygen atoms in total. The Bertz CT molecular complexity index is 2020. The quantitative estimate of drug-likeness (QED) is 0.0773. The summed E-state index contributed by atoms with van der Waals surface area (Å²) in [7, 11) is -6.75. The van der Waals surface area contributed by atoms with Crippen LogP contribution in [0.3, 0.4) is 0 Å². The van der Waals surface area contributed by atoms with E-state index in [-0.39, 0.29) is 0 Å². The van der Waals surface area contributed by atoms with E-state index in [1.54, 1.807) is 0 Å². The van der Waals surface area contributed by atoms with Gasteiger partial charge in [-0.05, 0) is 10.4 Å². The Morgan fingerprint density at radius 3 is 0.463 bits per heavy atom. The fraction of sp³-hybridized carbons (Fsp3) is 0. The van der Waals surface area contributed by atoms with Gasteiger partial charge in [0.05, 0.1) is 0 Å². The van der Waals surface area contributed by atoms with E-state index in [1.165, 1.54) is 41.5 Å². The first-order valence-electron chi connectivity index (χ1n) is 18.4. The Morgan fingerprint density at radius 2 is 0.315 bits per heavy atom. The fourth-order valence-corrected chi connectivity index (χ4v) is 87.9. The number of benzene rings is 8. The van der Waals surface area contributed by atoms with Crippen LogP contribution in [0.4, 0.5) is 0 Å². The van der Waals surface area contributed by atoms with Crippen LogP contribution in [0.5, 0.6) is 0 Å². The fourth-order valence-electron chi connectivity index (χ4n) is 9.01. The van der Waals surface area contributed by atoms with Crippen molar-refractivity contribution in [2.75, 3.05) is 0 Å². The molecule has 0 aliphatic carbocycles. The molecule has 0 spiro atoms. The maximum atomic E-state index is 9.63. The number of hydrogen-bond acceptors (Lipinski definition) is 0. The highest BCUT2D eigenvalue weighted by molar-refractivity contribution is 8.11. The standard InChI is InChI=1S/C48H40Cl2Si4/c49-53(47-37-21-7-22-38-47,51(41-25-9-1-10-26-41,42-27-11-2-12-28-42)43-29-13-3-14-30-43)54(50,48-39-23-8-24-40-48)52(44-31-15-4-16-32-44,45-33-17-5-18-34-45)46-35-19-6-20-36-46/h1-40H. The lowest BCUT2D eigenvalue weighted by Crippen LogP contribution is -3.01. The van der Waals surface area contributed by atoms with E-state index < -0.39 is 28.0 Å². The normalized spacial score (nSPS) is 14.0. The van der Waals surface area contributed by atoms with Crippen molar-refractivity contribution in [3.8, 4) is 0 Å². The molecule has 0 saturated heterocycles. The van der Waals surface area contributed by atoms with E-state index in [9.17, 15) is 22.2 Å². The Labute approximate surface area is 332 Å². The summed E-state index contributed by atoms with van der Waals surface area (Å²) in [6, 6.07) is 89.3. The van der Waals surface area contributed by atoms with Crippen LogP contribution in [0.2, 0.25) is 0 Å². The van der Waals surface area contributed by atoms with Crippen molar-refractivity contribution in [2.24, 2.45) is 0 Å². The molecule has 8 aromatic rings. The van der Waals surface area contributed by atoms with Gasteiger partial charge in [0, 0.05) is 0 Å². The molecular weight excluding hydrogens is 760 g/mol. The van der Waals surface area contributed by atoms with Gasteiger partial charge >= 0.3 is 0 Å². The van der Waals surface area contributed by atoms with Crippen molar-refractivity contribution in [1.82, 2.24) is 0 Å². The zero-order valence-corrected chi connectivity index (χ0v) is 35.4. The Hall–Kier alpha value is -4.79. The number of halogens is 2. The van der Waals surface area contributed by atoms with Gasteiger partial charge < -0.3 is 0 Å². The van der Waals surface area contributed by atoms with E-state index in [4.69, 9.17) is 0 Å². The first kappa shape index (κ1) is 36.2. The molecule has 0 aliphatic rings. The SMILES string of the molecule is Cl[Si](c1ccccc1)([Si](c1ccccc1)(c1ccccc1)c1ccccc1)[Si](Cl)(c1ccccc1)[Si](c1ccccc1)(c1ccccc1)c1ccccc1. The van der Waals surface area contributed by atoms with Crippen LogP contribution in [-0.2, 0) is 0 Å². The van der Waals surface area contributed by atoms with E-state index in [0.29, 0.717) is 0 Å². The Morgan fingerprint density at radius 1 is 0.185 bits per heavy atom. The molecule has 0 heterocycles. The first-order valence-corrected chi connectivity index (χ1v) is 31.4. The molecule has 8 rings (SSSR count). The number of hydrogen-bond donors (Lipinski definition) is 0. The van der Waals surface area contributed by atoms with Gasteiger partial charge in [-0.15, -0.1) is 0 Å². The number of rotatable bonds is 11. The van der Waals surface area contributed by atoms with E-state index in [0.717, 1.165) is 0 Å². The minimum absolute atomic E-state index is 1.18. The maximum absolute atomic E-state index is 9.63. The molecule has 262 valence electrons. The lowest BCUT2D eigenvalue weighted by atomic mass is 10.3. The van der Waals surface area contributed by atoms with Crippen molar-refractivity contribution in [2.45, 2.75) is 0 Å². The second-order valence-electron chi connectivity index (χ2n) is 13.7. The van der Waals surface area contributed by atoms with E-state index >= 15 is 0 Å². The van der Waals surface area contributed by atoms with Gasteiger partial charge in [-0.2, -0.15) is 22.2 Å². The van der Waals surface area contributed by atoms with Gasteiger partial charge in [0.1, 0.15) is 0 Å². The summed E-state index contributed by atoms with van der Waals surface area (Å²) < 4.78 is 0. The summed E-state index contributed by atoms with van der Waals surface area (Å²) in [5, 5.41) is 10.0. The van der Waals surface area contributed by atoms with Gasteiger partial charge in [0.15, 0.2) is 15.2 Å². The summed E-state index contributed by atoms with van der Waals surface area (Å²) in [6.45, 7) is 0. The van der Waals surface area contributed by atoms with E-state index in [1.807, 2.05) is 0 Å². The van der Waals surface area contributed by atoms with Crippen LogP contribution in [0, 0.1) is 0 Å². The van der Waals surface area contributed by atoms with Crippen molar-refractivity contribution < 1.29 is 0 Å². The second-order valence-corrected chi connectivity index (χ2v) is 47.7. The highest BCUT2D eigenvalue weighted by Crippen LogP contribution is 2.41. The van der Waals surface area contributed by atoms with Crippen LogP contribution in [-0.4, -0.2) is 28.0 Å². The zero-order valence-electron chi connectivity index (χ0n) is 29.8. The maximum Gasteiger partial charge on any atom is 0.203 e. The third-order valence-electron chi connectivity index (χ3n) is 11.1. The molecule has 0 aromatic heterocycles. The minimum atomic E-state index is -3.73. The molecule has 0 N–H and O–H groups in total. The molecule has 8 aromatic carbocycles. The average Bonchev–Trinajstić information content (AvgIpc) is 3.27. The molecule has 0 aliphatic heterocycles. The molecule has 2 unspecified atom stereocenters. The third kappa shape index (κ3) is 5.60. The van der Waals surface area contributed by atoms with Crippen LogP contribution in [0.15, 0.2) is 243 Å². The van der Waals surface area contributed by atoms with Crippen molar-refractivity contribution >= 4 is 91.7 Å². The van der Waals surface area contributed by atoms with Crippen LogP contribution >= 0.6 is 22.2 Å². The second kappa shape index (κ2) is 15.5. The van der Waals surface area contributed by atoms with Crippen molar-refractivity contribution in [3.63, 3.8) is 0 Å². The van der Waals surface area contributed by atoms with Crippen LogP contribution < -0.4 is 41.5 Å². The smallest absolute Gasteiger partial charge is 0.165 e. The Balaban J connectivity index is 1.72. The van der Waals surface area contributed by atoms with Gasteiger partial charge in [-0.1, -0.05) is 274 Å². The molecule has 54 heavy (non-hydrogen) atoms. The predicted molar refractivity (Wildman–Crippen MR) is 243 cm³/mol. The summed E-state index contributed by atoms with van der Waals surface area (Å²) in [6.07, 6.45) is -7.46. The first-order chi connectivity index (χ1) is 26.6. The van der Waals surface area contributed by atoms with Gasteiger partial charge in [-0.3, -0.25) is 0 Å². The molecule has 0 radical (unpaired) electrons. The monoisotopic (exact) mass is 798 g/mol. The highest BCUT2D eigenvalue weighted by atomic mass is 35.6. The zero-order chi connectivity index (χ0) is 36.9. The van der Waals surface area contributed by atoms with Crippen LogP contribution in [0.25, 0.3) is 0 Å². The third-order valence-corrected chi connectivity index (χ3v) is 72.3. The Kier molecular flexibility index (Phi) is 10.4. The molecule has 2 atom stereocenters. The largest absolute Gasteiger partial charge is 0.203 e. The summed E-state index contributed by atoms with van der Waals surface area (Å²) in [5.74, 6) is 0. The lowest BCUT2D eigenvalue weighted by molar-refractivity contribution is 1.69. The topological polar surface area (TPSA) is 0 Å². The van der Waals surface area contributed by atoms with Crippen molar-refractivity contribution in [1.29, 1.82) is 0 Å². The molecule has 0 amide bonds. The summed E-state index contributed by atoms with van der Waals surface area (Å²) in [4.78, 5) is 0. The van der Waals surface area contributed by atoms with Gasteiger partial charge in [-0.25, -0.2) is 0 Å². The molecule has 0 fully saturated rings. The molecule has 0 bridgehead atoms. The van der Waals surface area contributed by atoms with E-state index in [2.05, 4.69) is 243 Å². The molecular formula is C48H40Cl2Si4. The lowest BCUT2D eigenvalue weighted by Gasteiger charge is -2.58.